The van der Waals surface area contributed by atoms with Crippen LogP contribution in [0, 0.1) is 37.5 Å². The molecule has 0 aliphatic carbocycles. The molecule has 0 aliphatic heterocycles. The summed E-state index contributed by atoms with van der Waals surface area (Å²) in [6.07, 6.45) is 4.42. The lowest BCUT2D eigenvalue weighted by Crippen LogP contribution is -1.82. The zero-order valence-electron chi connectivity index (χ0n) is 31.3. The molecular weight excluding hydrogens is 673 g/mol. The van der Waals surface area contributed by atoms with E-state index < -0.39 is 0 Å². The summed E-state index contributed by atoms with van der Waals surface area (Å²) in [4.78, 5) is 0. The van der Waals surface area contributed by atoms with Crippen molar-refractivity contribution in [2.24, 2.45) is 0 Å². The summed E-state index contributed by atoms with van der Waals surface area (Å²) < 4.78 is 0. The van der Waals surface area contributed by atoms with E-state index in [-0.39, 0.29) is 0 Å². The highest BCUT2D eigenvalue weighted by atomic mass is 14.1. The first kappa shape index (κ1) is 33.2. The topological polar surface area (TPSA) is 0 Å². The lowest BCUT2D eigenvalue weighted by molar-refractivity contribution is 1.50. The van der Waals surface area contributed by atoms with Crippen molar-refractivity contribution in [3.63, 3.8) is 0 Å². The van der Waals surface area contributed by atoms with Crippen LogP contribution >= 0.6 is 0 Å². The van der Waals surface area contributed by atoms with Gasteiger partial charge < -0.3 is 0 Å². The minimum Gasteiger partial charge on any atom is -0.0616 e. The van der Waals surface area contributed by atoms with Gasteiger partial charge in [0.15, 0.2) is 0 Å². The summed E-state index contributed by atoms with van der Waals surface area (Å²) in [5, 5.41) is 14.7. The van der Waals surface area contributed by atoms with E-state index in [0.29, 0.717) is 0 Å². The van der Waals surface area contributed by atoms with Crippen molar-refractivity contribution in [1.82, 2.24) is 0 Å². The van der Waals surface area contributed by atoms with Crippen molar-refractivity contribution in [3.8, 4) is 23.7 Å². The highest BCUT2D eigenvalue weighted by Gasteiger charge is 2.04. The molecule has 0 nitrogen and oxygen atoms in total. The molecule has 0 unspecified atom stereocenters. The highest BCUT2D eigenvalue weighted by Crippen LogP contribution is 2.28. The summed E-state index contributed by atoms with van der Waals surface area (Å²) >= 11 is 0. The zero-order valence-corrected chi connectivity index (χ0v) is 31.3. The number of aryl methyl sites for hydroxylation is 2. The van der Waals surface area contributed by atoms with E-state index in [0.717, 1.165) is 22.3 Å². The molecule has 0 fully saturated rings. The van der Waals surface area contributed by atoms with Crippen molar-refractivity contribution < 1.29 is 0 Å². The van der Waals surface area contributed by atoms with Crippen LogP contribution < -0.4 is 0 Å². The second-order valence-electron chi connectivity index (χ2n) is 15.0. The van der Waals surface area contributed by atoms with Crippen LogP contribution in [0.5, 0.6) is 0 Å². The van der Waals surface area contributed by atoms with E-state index in [4.69, 9.17) is 0 Å². The number of hydrogen-bond donors (Lipinski definition) is 0. The Morgan fingerprint density at radius 1 is 0.250 bits per heavy atom. The monoisotopic (exact) mass is 708 g/mol. The van der Waals surface area contributed by atoms with Crippen LogP contribution in [0.3, 0.4) is 0 Å². The minimum atomic E-state index is 1.02. The molecule has 0 radical (unpaired) electrons. The van der Waals surface area contributed by atoms with Gasteiger partial charge in [0.2, 0.25) is 0 Å². The molecule has 0 saturated carbocycles. The van der Waals surface area contributed by atoms with Crippen molar-refractivity contribution in [3.05, 3.63) is 214 Å². The van der Waals surface area contributed by atoms with E-state index in [9.17, 15) is 0 Å². The number of benzene rings is 10. The van der Waals surface area contributed by atoms with Crippen LogP contribution in [-0.4, -0.2) is 0 Å². The van der Waals surface area contributed by atoms with Crippen LogP contribution in [0.1, 0.15) is 44.5 Å². The van der Waals surface area contributed by atoms with Crippen LogP contribution in [-0.2, 0) is 0 Å². The molecule has 0 saturated heterocycles. The zero-order chi connectivity index (χ0) is 37.6. The second kappa shape index (κ2) is 13.8. The Morgan fingerprint density at radius 2 is 0.518 bits per heavy atom. The Hall–Kier alpha value is -7.38. The van der Waals surface area contributed by atoms with Crippen LogP contribution in [0.25, 0.3) is 76.8 Å². The molecule has 0 atom stereocenters. The van der Waals surface area contributed by atoms with Gasteiger partial charge in [-0.15, -0.1) is 0 Å². The molecule has 0 aromatic heterocycles. The molecule has 10 aromatic rings. The Balaban J connectivity index is 0.863. The predicted molar refractivity (Wildman–Crippen MR) is 241 cm³/mol. The van der Waals surface area contributed by atoms with Crippen molar-refractivity contribution >= 4 is 76.8 Å². The van der Waals surface area contributed by atoms with Gasteiger partial charge >= 0.3 is 0 Å². The lowest BCUT2D eigenvalue weighted by atomic mass is 9.99. The Morgan fingerprint density at radius 3 is 0.893 bits per heavy atom. The van der Waals surface area contributed by atoms with E-state index in [1.807, 2.05) is 0 Å². The summed E-state index contributed by atoms with van der Waals surface area (Å²) in [5.41, 5.74) is 8.99. The molecular formula is C56H36. The van der Waals surface area contributed by atoms with Gasteiger partial charge in [-0.3, -0.25) is 0 Å². The van der Waals surface area contributed by atoms with E-state index in [1.54, 1.807) is 0 Å². The molecule has 0 N–H and O–H groups in total. The number of rotatable bonds is 2. The molecule has 10 rings (SSSR count). The molecule has 56 heavy (non-hydrogen) atoms. The third-order valence-electron chi connectivity index (χ3n) is 10.8. The summed E-state index contributed by atoms with van der Waals surface area (Å²) in [7, 11) is 0. The number of fused-ring (bicyclic) bond motifs is 6. The Bertz CT molecular complexity index is 3160. The molecule has 260 valence electrons. The average molecular weight is 709 g/mol. The van der Waals surface area contributed by atoms with Gasteiger partial charge in [-0.25, -0.2) is 0 Å². The molecule has 0 heterocycles. The lowest BCUT2D eigenvalue weighted by Gasteiger charge is -2.06. The smallest absolute Gasteiger partial charge is 0.0255 e. The average Bonchev–Trinajstić information content (AvgIpc) is 3.22. The first-order valence-corrected chi connectivity index (χ1v) is 19.1. The fourth-order valence-electron chi connectivity index (χ4n) is 7.76. The molecule has 10 aromatic carbocycles. The fourth-order valence-corrected chi connectivity index (χ4v) is 7.76. The Labute approximate surface area is 327 Å². The molecule has 0 spiro atoms. The standard InChI is InChI=1S/C56H36/c1-37-3-17-47-27-39(11-19-45(47)25-37)5-7-41-13-21-49-35-55-31-43(15-23-51(55)33-53(49)29-41)9-10-44-16-24-52-34-54-30-42(14-22-50(54)36-56(52)32-44)8-6-40-12-20-46-26-38(2)4-18-48(46)28-40/h3-4,9-36H,1-2H3/b10-9+. The minimum absolute atomic E-state index is 1.02. The van der Waals surface area contributed by atoms with Crippen molar-refractivity contribution in [2.45, 2.75) is 13.8 Å². The van der Waals surface area contributed by atoms with Gasteiger partial charge in [-0.05, 0) is 175 Å². The molecule has 0 bridgehead atoms. The maximum atomic E-state index is 3.39. The summed E-state index contributed by atoms with van der Waals surface area (Å²) in [5.74, 6) is 13.5. The van der Waals surface area contributed by atoms with Gasteiger partial charge in [0.25, 0.3) is 0 Å². The van der Waals surface area contributed by atoms with Gasteiger partial charge in [0, 0.05) is 22.3 Å². The SMILES string of the molecule is Cc1ccc2cc(C#Cc3ccc4cc5cc(/C=C/c6ccc7cc8cc(C#Cc9ccc%10cc(C)ccc%10c9)ccc8cc7c6)ccc5cc4c3)ccc2c1. The normalized spacial score (nSPS) is 11.4. The van der Waals surface area contributed by atoms with Crippen LogP contribution in [0.15, 0.2) is 170 Å². The van der Waals surface area contributed by atoms with Gasteiger partial charge in [-0.1, -0.05) is 132 Å². The third-order valence-corrected chi connectivity index (χ3v) is 10.8. The Kier molecular flexibility index (Phi) is 8.18. The first-order chi connectivity index (χ1) is 27.4. The first-order valence-electron chi connectivity index (χ1n) is 19.1. The third kappa shape index (κ3) is 6.78. The quantitative estimate of drug-likeness (QED) is 0.0953. The van der Waals surface area contributed by atoms with Crippen LogP contribution in [0.2, 0.25) is 0 Å². The molecule has 0 aliphatic rings. The highest BCUT2D eigenvalue weighted by molar-refractivity contribution is 6.01. The largest absolute Gasteiger partial charge is 0.0616 e. The van der Waals surface area contributed by atoms with Crippen molar-refractivity contribution in [1.29, 1.82) is 0 Å². The van der Waals surface area contributed by atoms with E-state index >= 15 is 0 Å². The van der Waals surface area contributed by atoms with Crippen molar-refractivity contribution in [2.75, 3.05) is 0 Å². The summed E-state index contributed by atoms with van der Waals surface area (Å²) in [6.45, 7) is 4.25. The number of hydrogen-bond acceptors (Lipinski definition) is 0. The van der Waals surface area contributed by atoms with E-state index in [1.165, 1.54) is 86.9 Å². The van der Waals surface area contributed by atoms with E-state index in [2.05, 4.69) is 220 Å². The summed E-state index contributed by atoms with van der Waals surface area (Å²) in [6, 6.07) is 61.5. The van der Waals surface area contributed by atoms with Gasteiger partial charge in [0.05, 0.1) is 0 Å². The van der Waals surface area contributed by atoms with Gasteiger partial charge in [0.1, 0.15) is 0 Å². The second-order valence-corrected chi connectivity index (χ2v) is 15.0. The fraction of sp³-hybridized carbons (Fsp3) is 0.0357. The van der Waals surface area contributed by atoms with Crippen LogP contribution in [0.4, 0.5) is 0 Å². The molecule has 0 amide bonds. The predicted octanol–water partition coefficient (Wildman–Crippen LogP) is 14.2. The van der Waals surface area contributed by atoms with Gasteiger partial charge in [-0.2, -0.15) is 0 Å². The molecule has 0 heteroatoms. The maximum Gasteiger partial charge on any atom is 0.0255 e. The maximum absolute atomic E-state index is 3.39.